The molecule has 1 heterocycles. The third kappa shape index (κ3) is 3.18. The van der Waals surface area contributed by atoms with Crippen molar-refractivity contribution in [1.82, 2.24) is 4.98 Å². The van der Waals surface area contributed by atoms with E-state index < -0.39 is 0 Å². The lowest BCUT2D eigenvalue weighted by molar-refractivity contribution is 1.13. The molecule has 21 heavy (non-hydrogen) atoms. The van der Waals surface area contributed by atoms with Gasteiger partial charge in [0.15, 0.2) is 0 Å². The van der Waals surface area contributed by atoms with Gasteiger partial charge in [-0.25, -0.2) is 0 Å². The molecule has 1 aromatic heterocycles. The van der Waals surface area contributed by atoms with Gasteiger partial charge in [0.2, 0.25) is 0 Å². The quantitative estimate of drug-likeness (QED) is 0.634. The number of hydrogen-bond donors (Lipinski definition) is 1. The Morgan fingerprint density at radius 3 is 2.67 bits per heavy atom. The molecule has 0 saturated heterocycles. The highest BCUT2D eigenvalue weighted by molar-refractivity contribution is 14.1. The number of aromatic nitrogens is 1. The van der Waals surface area contributed by atoms with Crippen molar-refractivity contribution < 1.29 is 0 Å². The van der Waals surface area contributed by atoms with E-state index in [1.807, 2.05) is 13.0 Å². The Hall–Kier alpha value is -1.62. The standard InChI is InChI=1S/C18H17IN2/c1-12-7-8-15(10-17(12)19)20-11-14-9-13(2)21-18-6-4-3-5-16(14)18/h3-10,20H,11H2,1-2H3. The van der Waals surface area contributed by atoms with Gasteiger partial charge in [-0.05, 0) is 71.8 Å². The molecule has 0 unspecified atom stereocenters. The van der Waals surface area contributed by atoms with Crippen molar-refractivity contribution in [2.45, 2.75) is 20.4 Å². The van der Waals surface area contributed by atoms with Crippen molar-refractivity contribution in [2.24, 2.45) is 0 Å². The third-order valence-corrected chi connectivity index (χ3v) is 4.75. The number of para-hydroxylation sites is 1. The van der Waals surface area contributed by atoms with Crippen molar-refractivity contribution in [1.29, 1.82) is 0 Å². The van der Waals surface area contributed by atoms with Crippen LogP contribution in [0.5, 0.6) is 0 Å². The molecule has 3 rings (SSSR count). The van der Waals surface area contributed by atoms with Gasteiger partial charge < -0.3 is 5.32 Å². The van der Waals surface area contributed by atoms with Gasteiger partial charge in [0, 0.05) is 26.9 Å². The molecule has 1 N–H and O–H groups in total. The fourth-order valence-corrected chi connectivity index (χ4v) is 2.96. The van der Waals surface area contributed by atoms with Crippen LogP contribution in [-0.4, -0.2) is 4.98 Å². The Bertz CT molecular complexity index is 796. The minimum absolute atomic E-state index is 0.809. The van der Waals surface area contributed by atoms with Gasteiger partial charge in [0.05, 0.1) is 5.52 Å². The summed E-state index contributed by atoms with van der Waals surface area (Å²) in [4.78, 5) is 4.59. The number of nitrogens with zero attached hydrogens (tertiary/aromatic N) is 1. The second kappa shape index (κ2) is 6.02. The molecule has 2 nitrogen and oxygen atoms in total. The van der Waals surface area contributed by atoms with E-state index >= 15 is 0 Å². The number of aryl methyl sites for hydroxylation is 2. The van der Waals surface area contributed by atoms with Gasteiger partial charge in [-0.1, -0.05) is 24.3 Å². The van der Waals surface area contributed by atoms with Crippen molar-refractivity contribution in [3.05, 3.63) is 68.9 Å². The van der Waals surface area contributed by atoms with Crippen LogP contribution in [0, 0.1) is 17.4 Å². The molecular weight excluding hydrogens is 371 g/mol. The Kier molecular flexibility index (Phi) is 4.10. The summed E-state index contributed by atoms with van der Waals surface area (Å²) in [5.41, 5.74) is 5.88. The Labute approximate surface area is 138 Å². The molecule has 0 fully saturated rings. The van der Waals surface area contributed by atoms with Crippen molar-refractivity contribution in [3.8, 4) is 0 Å². The third-order valence-electron chi connectivity index (χ3n) is 3.58. The Morgan fingerprint density at radius 2 is 1.86 bits per heavy atom. The van der Waals surface area contributed by atoms with Crippen molar-refractivity contribution in [2.75, 3.05) is 5.32 Å². The van der Waals surface area contributed by atoms with Crippen LogP contribution >= 0.6 is 22.6 Å². The van der Waals surface area contributed by atoms with Gasteiger partial charge in [0.25, 0.3) is 0 Å². The lowest BCUT2D eigenvalue weighted by Crippen LogP contribution is -2.02. The zero-order chi connectivity index (χ0) is 14.8. The van der Waals surface area contributed by atoms with Crippen LogP contribution in [0.1, 0.15) is 16.8 Å². The van der Waals surface area contributed by atoms with E-state index in [0.717, 1.165) is 23.4 Å². The minimum Gasteiger partial charge on any atom is -0.381 e. The van der Waals surface area contributed by atoms with Gasteiger partial charge in [-0.3, -0.25) is 4.98 Å². The monoisotopic (exact) mass is 388 g/mol. The predicted molar refractivity (Wildman–Crippen MR) is 97.7 cm³/mol. The van der Waals surface area contributed by atoms with Crippen LogP contribution in [0.4, 0.5) is 5.69 Å². The zero-order valence-corrected chi connectivity index (χ0v) is 14.3. The molecule has 0 bridgehead atoms. The molecule has 3 heteroatoms. The maximum absolute atomic E-state index is 4.59. The molecular formula is C18H17IN2. The van der Waals surface area contributed by atoms with E-state index in [-0.39, 0.29) is 0 Å². The molecule has 106 valence electrons. The molecule has 0 spiro atoms. The SMILES string of the molecule is Cc1cc(CNc2ccc(C)c(I)c2)c2ccccc2n1. The topological polar surface area (TPSA) is 24.9 Å². The van der Waals surface area contributed by atoms with Crippen LogP contribution in [-0.2, 0) is 6.54 Å². The van der Waals surface area contributed by atoms with Gasteiger partial charge in [-0.2, -0.15) is 0 Å². The number of halogens is 1. The number of benzene rings is 2. The highest BCUT2D eigenvalue weighted by Crippen LogP contribution is 2.21. The maximum atomic E-state index is 4.59. The average Bonchev–Trinajstić information content (AvgIpc) is 2.48. The van der Waals surface area contributed by atoms with E-state index in [4.69, 9.17) is 0 Å². The molecule has 0 radical (unpaired) electrons. The summed E-state index contributed by atoms with van der Waals surface area (Å²) in [5.74, 6) is 0. The summed E-state index contributed by atoms with van der Waals surface area (Å²) < 4.78 is 1.29. The molecule has 0 atom stereocenters. The molecule has 0 saturated carbocycles. The van der Waals surface area contributed by atoms with Crippen LogP contribution < -0.4 is 5.32 Å². The summed E-state index contributed by atoms with van der Waals surface area (Å²) in [7, 11) is 0. The molecule has 0 aliphatic carbocycles. The summed E-state index contributed by atoms with van der Waals surface area (Å²) >= 11 is 2.37. The maximum Gasteiger partial charge on any atom is 0.0708 e. The van der Waals surface area contributed by atoms with Crippen LogP contribution in [0.2, 0.25) is 0 Å². The van der Waals surface area contributed by atoms with Crippen molar-refractivity contribution >= 4 is 39.2 Å². The van der Waals surface area contributed by atoms with Gasteiger partial charge in [-0.15, -0.1) is 0 Å². The minimum atomic E-state index is 0.809. The van der Waals surface area contributed by atoms with Crippen molar-refractivity contribution in [3.63, 3.8) is 0 Å². The number of nitrogens with one attached hydrogen (secondary N) is 1. The first-order chi connectivity index (χ1) is 10.1. The molecule has 0 aliphatic rings. The summed E-state index contributed by atoms with van der Waals surface area (Å²) in [6.45, 7) is 4.99. The summed E-state index contributed by atoms with van der Waals surface area (Å²) in [6.07, 6.45) is 0. The van der Waals surface area contributed by atoms with Gasteiger partial charge in [0.1, 0.15) is 0 Å². The lowest BCUT2D eigenvalue weighted by Gasteiger charge is -2.11. The zero-order valence-electron chi connectivity index (χ0n) is 12.2. The highest BCUT2D eigenvalue weighted by atomic mass is 127. The smallest absolute Gasteiger partial charge is 0.0708 e. The average molecular weight is 388 g/mol. The molecule has 3 aromatic rings. The highest BCUT2D eigenvalue weighted by Gasteiger charge is 2.04. The largest absolute Gasteiger partial charge is 0.381 e. The first-order valence-corrected chi connectivity index (χ1v) is 8.06. The fourth-order valence-electron chi connectivity index (χ4n) is 2.44. The summed E-state index contributed by atoms with van der Waals surface area (Å²) in [5, 5.41) is 4.74. The molecule has 0 amide bonds. The first-order valence-electron chi connectivity index (χ1n) is 6.99. The lowest BCUT2D eigenvalue weighted by atomic mass is 10.1. The van der Waals surface area contributed by atoms with Crippen LogP contribution in [0.15, 0.2) is 48.5 Å². The van der Waals surface area contributed by atoms with Gasteiger partial charge >= 0.3 is 0 Å². The van der Waals surface area contributed by atoms with Crippen LogP contribution in [0.25, 0.3) is 10.9 Å². The predicted octanol–water partition coefficient (Wildman–Crippen LogP) is 5.07. The molecule has 2 aromatic carbocycles. The number of hydrogen-bond acceptors (Lipinski definition) is 2. The van der Waals surface area contributed by atoms with E-state index in [0.29, 0.717) is 0 Å². The Morgan fingerprint density at radius 1 is 1.05 bits per heavy atom. The second-order valence-corrected chi connectivity index (χ2v) is 6.42. The number of fused-ring (bicyclic) bond motifs is 1. The summed E-state index contributed by atoms with van der Waals surface area (Å²) in [6, 6.07) is 16.9. The molecule has 0 aliphatic heterocycles. The normalized spacial score (nSPS) is 10.8. The number of pyridine rings is 1. The number of anilines is 1. The van der Waals surface area contributed by atoms with Crippen LogP contribution in [0.3, 0.4) is 0 Å². The number of rotatable bonds is 3. The fraction of sp³-hybridized carbons (Fsp3) is 0.167. The first kappa shape index (κ1) is 14.3. The van der Waals surface area contributed by atoms with E-state index in [1.54, 1.807) is 0 Å². The Balaban J connectivity index is 1.89. The van der Waals surface area contributed by atoms with E-state index in [9.17, 15) is 0 Å². The van der Waals surface area contributed by atoms with E-state index in [1.165, 1.54) is 20.1 Å². The second-order valence-electron chi connectivity index (χ2n) is 5.26. The van der Waals surface area contributed by atoms with E-state index in [2.05, 4.69) is 82.3 Å².